The van der Waals surface area contributed by atoms with Gasteiger partial charge in [0.15, 0.2) is 0 Å². The number of hydrogen-bond donors (Lipinski definition) is 0. The Balaban J connectivity index is 1.40. The minimum atomic E-state index is -0.863. The molecule has 3 aliphatic carbocycles. The zero-order valence-corrected chi connectivity index (χ0v) is 17.2. The molecule has 3 heterocycles. The summed E-state index contributed by atoms with van der Waals surface area (Å²) < 4.78 is 24.1. The molecular weight excluding hydrogens is 360 g/mol. The molecule has 6 rings (SSSR count). The summed E-state index contributed by atoms with van der Waals surface area (Å²) in [7, 11) is 0. The maximum Gasteiger partial charge on any atom is 0.336 e. The van der Waals surface area contributed by atoms with E-state index in [2.05, 4.69) is 20.8 Å². The molecule has 0 aromatic carbocycles. The Labute approximate surface area is 164 Å². The van der Waals surface area contributed by atoms with E-state index in [9.17, 15) is 9.59 Å². The molecule has 0 amide bonds. The number of fused-ring (bicyclic) bond motifs is 4. The van der Waals surface area contributed by atoms with E-state index in [1.54, 1.807) is 0 Å². The zero-order chi connectivity index (χ0) is 19.9. The van der Waals surface area contributed by atoms with Crippen LogP contribution in [0.5, 0.6) is 0 Å². The molecule has 6 heteroatoms. The highest BCUT2D eigenvalue weighted by Crippen LogP contribution is 2.78. The first-order chi connectivity index (χ1) is 13.1. The Hall–Kier alpha value is -1.40. The van der Waals surface area contributed by atoms with E-state index in [1.807, 2.05) is 6.92 Å². The molecule has 2 saturated heterocycles. The van der Waals surface area contributed by atoms with E-state index in [4.69, 9.17) is 18.9 Å². The Morgan fingerprint density at radius 2 is 1.89 bits per heavy atom. The second-order valence-electron chi connectivity index (χ2n) is 10.6. The summed E-state index contributed by atoms with van der Waals surface area (Å²) in [4.78, 5) is 23.9. The van der Waals surface area contributed by atoms with E-state index >= 15 is 0 Å². The lowest BCUT2D eigenvalue weighted by Gasteiger charge is -2.61. The topological polar surface area (TPSA) is 77.7 Å². The summed E-state index contributed by atoms with van der Waals surface area (Å²) in [5.74, 6) is -0.738. The minimum Gasteiger partial charge on any atom is -0.462 e. The van der Waals surface area contributed by atoms with Crippen LogP contribution in [0.25, 0.3) is 0 Å². The van der Waals surface area contributed by atoms with Gasteiger partial charge in [-0.25, -0.2) is 4.79 Å². The van der Waals surface area contributed by atoms with Crippen LogP contribution in [0.4, 0.5) is 0 Å². The molecule has 6 nitrogen and oxygen atoms in total. The molecule has 0 N–H and O–H groups in total. The van der Waals surface area contributed by atoms with Gasteiger partial charge in [0, 0.05) is 29.4 Å². The molecule has 152 valence electrons. The first kappa shape index (κ1) is 17.5. The van der Waals surface area contributed by atoms with Gasteiger partial charge in [-0.3, -0.25) is 4.79 Å². The fraction of sp³-hybridized carbons (Fsp3) is 0.818. The molecule has 0 aromatic heterocycles. The predicted octanol–water partition coefficient (Wildman–Crippen LogP) is 2.89. The van der Waals surface area contributed by atoms with Crippen molar-refractivity contribution < 1.29 is 28.5 Å². The van der Waals surface area contributed by atoms with E-state index in [1.165, 1.54) is 6.92 Å². The lowest BCUT2D eigenvalue weighted by Crippen LogP contribution is -2.62. The molecule has 0 aromatic rings. The molecule has 6 aliphatic rings. The summed E-state index contributed by atoms with van der Waals surface area (Å²) in [5, 5.41) is 0. The molecule has 3 aliphatic heterocycles. The molecule has 8 atom stereocenters. The Morgan fingerprint density at radius 3 is 2.61 bits per heavy atom. The fourth-order valence-electron chi connectivity index (χ4n) is 7.91. The van der Waals surface area contributed by atoms with Crippen LogP contribution in [0.2, 0.25) is 0 Å². The van der Waals surface area contributed by atoms with Gasteiger partial charge in [0.1, 0.15) is 23.9 Å². The van der Waals surface area contributed by atoms with Crippen molar-refractivity contribution in [3.8, 4) is 0 Å². The Morgan fingerprint density at radius 1 is 1.14 bits per heavy atom. The monoisotopic (exact) mass is 388 g/mol. The van der Waals surface area contributed by atoms with Gasteiger partial charge in [-0.2, -0.15) is 0 Å². The van der Waals surface area contributed by atoms with Crippen LogP contribution in [-0.2, 0) is 28.5 Å². The van der Waals surface area contributed by atoms with Crippen molar-refractivity contribution in [2.75, 3.05) is 0 Å². The predicted molar refractivity (Wildman–Crippen MR) is 96.9 cm³/mol. The number of epoxide rings is 2. The maximum absolute atomic E-state index is 12.3. The van der Waals surface area contributed by atoms with E-state index < -0.39 is 5.79 Å². The van der Waals surface area contributed by atoms with Crippen molar-refractivity contribution in [3.63, 3.8) is 0 Å². The van der Waals surface area contributed by atoms with Gasteiger partial charge in [-0.15, -0.1) is 0 Å². The first-order valence-electron chi connectivity index (χ1n) is 10.6. The highest BCUT2D eigenvalue weighted by molar-refractivity contribution is 5.93. The molecule has 2 spiro atoms. The third-order valence-corrected chi connectivity index (χ3v) is 9.08. The van der Waals surface area contributed by atoms with Gasteiger partial charge in [0.2, 0.25) is 0 Å². The van der Waals surface area contributed by atoms with Gasteiger partial charge < -0.3 is 18.9 Å². The summed E-state index contributed by atoms with van der Waals surface area (Å²) in [6.07, 6.45) is 3.58. The van der Waals surface area contributed by atoms with E-state index in [-0.39, 0.29) is 52.6 Å². The molecule has 0 radical (unpaired) electrons. The fourth-order valence-corrected chi connectivity index (χ4v) is 7.91. The Kier molecular flexibility index (Phi) is 2.91. The van der Waals surface area contributed by atoms with Crippen molar-refractivity contribution in [2.24, 2.45) is 22.7 Å². The van der Waals surface area contributed by atoms with Gasteiger partial charge in [-0.1, -0.05) is 20.8 Å². The lowest BCUT2D eigenvalue weighted by molar-refractivity contribution is -0.186. The highest BCUT2D eigenvalue weighted by atomic mass is 16.8. The Bertz CT molecular complexity index is 859. The van der Waals surface area contributed by atoms with Crippen LogP contribution in [0.3, 0.4) is 0 Å². The number of hydrogen-bond acceptors (Lipinski definition) is 6. The third-order valence-electron chi connectivity index (χ3n) is 9.08. The average Bonchev–Trinajstić information content (AvgIpc) is 3.45. The van der Waals surface area contributed by atoms with Crippen molar-refractivity contribution in [2.45, 2.75) is 90.0 Å². The number of esters is 2. The smallest absolute Gasteiger partial charge is 0.336 e. The first-order valence-corrected chi connectivity index (χ1v) is 10.6. The van der Waals surface area contributed by atoms with Crippen molar-refractivity contribution >= 4 is 11.9 Å². The van der Waals surface area contributed by atoms with Crippen molar-refractivity contribution in [3.05, 3.63) is 11.1 Å². The molecule has 5 fully saturated rings. The zero-order valence-electron chi connectivity index (χ0n) is 17.2. The number of rotatable bonds is 1. The van der Waals surface area contributed by atoms with Crippen LogP contribution in [0.1, 0.15) is 60.3 Å². The minimum absolute atomic E-state index is 0.00422. The number of carbonyl (C=O) groups excluding carboxylic acids is 2. The summed E-state index contributed by atoms with van der Waals surface area (Å²) in [6.45, 7) is 10.2. The standard InChI is InChI=1S/C22H28O6/c1-10-14-16-21(26-16)9-6-12-19(3,4)13(25-11(2)23)7-8-20(12,5)15(21)17-22(14,27-17)28-18(10)24/h12-13,15-17H,6-9H2,1-5H3/t12-,13?,15+,16?,17?,20+,21-,22-/m0/s1. The number of carbonyl (C=O) groups is 2. The van der Waals surface area contributed by atoms with Gasteiger partial charge in [0.25, 0.3) is 5.79 Å². The lowest BCUT2D eigenvalue weighted by atomic mass is 9.43. The molecule has 3 saturated carbocycles. The van der Waals surface area contributed by atoms with Crippen molar-refractivity contribution in [1.82, 2.24) is 0 Å². The quantitative estimate of drug-likeness (QED) is 0.508. The van der Waals surface area contributed by atoms with Crippen LogP contribution >= 0.6 is 0 Å². The molecule has 0 bridgehead atoms. The number of ether oxygens (including phenoxy) is 4. The normalized spacial score (nSPS) is 54.5. The largest absolute Gasteiger partial charge is 0.462 e. The van der Waals surface area contributed by atoms with Crippen LogP contribution < -0.4 is 0 Å². The third kappa shape index (κ3) is 1.71. The maximum atomic E-state index is 12.3. The van der Waals surface area contributed by atoms with Crippen LogP contribution in [0, 0.1) is 22.7 Å². The van der Waals surface area contributed by atoms with E-state index in [0.29, 0.717) is 11.5 Å². The van der Waals surface area contributed by atoms with E-state index in [0.717, 1.165) is 31.3 Å². The molecule has 3 unspecified atom stereocenters. The average molecular weight is 388 g/mol. The van der Waals surface area contributed by atoms with Gasteiger partial charge >= 0.3 is 11.9 Å². The summed E-state index contributed by atoms with van der Waals surface area (Å²) in [6, 6.07) is 0. The molecule has 28 heavy (non-hydrogen) atoms. The molecular formula is C22H28O6. The van der Waals surface area contributed by atoms with Gasteiger partial charge in [0.05, 0.1) is 0 Å². The summed E-state index contributed by atoms with van der Waals surface area (Å²) >= 11 is 0. The second kappa shape index (κ2) is 4.67. The SMILES string of the molecule is CC(=O)OC1CC[C@@]2(C)[C@H]3C4O[C@@]45OC(=O)C(C)=C5C4O[C@]43CC[C@H]2C1(C)C. The van der Waals surface area contributed by atoms with Crippen molar-refractivity contribution in [1.29, 1.82) is 0 Å². The van der Waals surface area contributed by atoms with Gasteiger partial charge in [-0.05, 0) is 43.9 Å². The second-order valence-corrected chi connectivity index (χ2v) is 10.6. The highest BCUT2D eigenvalue weighted by Gasteiger charge is 2.88. The van der Waals surface area contributed by atoms with Crippen LogP contribution in [0.15, 0.2) is 11.1 Å². The van der Waals surface area contributed by atoms with Crippen LogP contribution in [-0.4, -0.2) is 41.6 Å². The summed E-state index contributed by atoms with van der Waals surface area (Å²) in [5.41, 5.74) is 1.29.